The molecule has 1 aromatic rings. The largest absolute Gasteiger partial charge is 0.327 e. The highest BCUT2D eigenvalue weighted by Gasteiger charge is 2.47. The number of amides is 3. The lowest BCUT2D eigenvalue weighted by atomic mass is 10.1. The molecule has 1 aliphatic carbocycles. The molecule has 2 aliphatic rings. The van der Waals surface area contributed by atoms with Crippen LogP contribution in [0.4, 0.5) is 5.69 Å². The van der Waals surface area contributed by atoms with Crippen LogP contribution in [-0.2, 0) is 14.4 Å². The van der Waals surface area contributed by atoms with Gasteiger partial charge in [0.15, 0.2) is 0 Å². The molecule has 1 saturated heterocycles. The molecule has 2 unspecified atom stereocenters. The number of carbonyl (C=O) groups excluding carboxylic acids is 3. The summed E-state index contributed by atoms with van der Waals surface area (Å²) in [5.41, 5.74) is 0.580. The van der Waals surface area contributed by atoms with Crippen LogP contribution >= 0.6 is 22.6 Å². The Hall–Kier alpha value is -1.44. The van der Waals surface area contributed by atoms with Crippen LogP contribution < -0.4 is 4.90 Å². The van der Waals surface area contributed by atoms with E-state index in [1.807, 2.05) is 26.0 Å². The third-order valence-electron chi connectivity index (χ3n) is 4.79. The Morgan fingerprint density at radius 1 is 1.29 bits per heavy atom. The number of hydrogen-bond donors (Lipinski definition) is 0. The molecule has 128 valence electrons. The summed E-state index contributed by atoms with van der Waals surface area (Å²) in [5, 5.41) is 0. The molecule has 1 saturated carbocycles. The first-order chi connectivity index (χ1) is 11.4. The minimum atomic E-state index is -0.667. The van der Waals surface area contributed by atoms with E-state index in [1.54, 1.807) is 17.0 Å². The lowest BCUT2D eigenvalue weighted by molar-refractivity contribution is -0.141. The fourth-order valence-corrected chi connectivity index (χ4v) is 3.47. The molecule has 24 heavy (non-hydrogen) atoms. The molecule has 0 aromatic heterocycles. The summed E-state index contributed by atoms with van der Waals surface area (Å²) in [4.78, 5) is 41.0. The predicted molar refractivity (Wildman–Crippen MR) is 99.4 cm³/mol. The minimum absolute atomic E-state index is 0.0277. The van der Waals surface area contributed by atoms with Gasteiger partial charge in [0.2, 0.25) is 11.8 Å². The molecule has 1 aliphatic heterocycles. The summed E-state index contributed by atoms with van der Waals surface area (Å²) >= 11 is 2.18. The van der Waals surface area contributed by atoms with Crippen molar-refractivity contribution >= 4 is 46.0 Å². The molecule has 1 aromatic carbocycles. The first kappa shape index (κ1) is 17.4. The highest BCUT2D eigenvalue weighted by Crippen LogP contribution is 2.35. The van der Waals surface area contributed by atoms with E-state index in [-0.39, 0.29) is 36.1 Å². The Kier molecular flexibility index (Phi) is 4.94. The molecule has 3 rings (SSSR count). The van der Waals surface area contributed by atoms with Crippen LogP contribution in [0.5, 0.6) is 0 Å². The van der Waals surface area contributed by atoms with Crippen LogP contribution in [0.1, 0.15) is 39.5 Å². The third-order valence-corrected chi connectivity index (χ3v) is 5.51. The number of benzene rings is 1. The number of hydrogen-bond acceptors (Lipinski definition) is 3. The van der Waals surface area contributed by atoms with Crippen molar-refractivity contribution in [3.63, 3.8) is 0 Å². The van der Waals surface area contributed by atoms with Crippen LogP contribution in [0.2, 0.25) is 0 Å². The maximum atomic E-state index is 12.9. The smallest absolute Gasteiger partial charge is 0.257 e. The Labute approximate surface area is 155 Å². The Bertz CT molecular complexity index is 669. The zero-order chi connectivity index (χ0) is 17.4. The fourth-order valence-electron chi connectivity index (χ4n) is 3.11. The number of carbonyl (C=O) groups is 3. The lowest BCUT2D eigenvalue weighted by Gasteiger charge is -2.33. The van der Waals surface area contributed by atoms with E-state index >= 15 is 0 Å². The van der Waals surface area contributed by atoms with Gasteiger partial charge in [-0.05, 0) is 73.0 Å². The van der Waals surface area contributed by atoms with Crippen LogP contribution in [0, 0.1) is 9.49 Å². The molecular formula is C18H21IN2O3. The highest BCUT2D eigenvalue weighted by atomic mass is 127. The topological polar surface area (TPSA) is 57.7 Å². The molecule has 6 heteroatoms. The van der Waals surface area contributed by atoms with Gasteiger partial charge in [0.25, 0.3) is 5.91 Å². The first-order valence-corrected chi connectivity index (χ1v) is 9.46. The van der Waals surface area contributed by atoms with Crippen molar-refractivity contribution in [3.05, 3.63) is 27.8 Å². The van der Waals surface area contributed by atoms with Gasteiger partial charge < -0.3 is 4.90 Å². The molecule has 0 bridgehead atoms. The predicted octanol–water partition coefficient (Wildman–Crippen LogP) is 2.96. The third kappa shape index (κ3) is 3.20. The molecule has 0 spiro atoms. The van der Waals surface area contributed by atoms with Crippen LogP contribution in [0.25, 0.3) is 0 Å². The lowest BCUT2D eigenvalue weighted by Crippen LogP contribution is -2.50. The summed E-state index contributed by atoms with van der Waals surface area (Å²) in [7, 11) is 0. The second-order valence-electron chi connectivity index (χ2n) is 6.54. The van der Waals surface area contributed by atoms with E-state index in [9.17, 15) is 14.4 Å². The number of anilines is 1. The van der Waals surface area contributed by atoms with Gasteiger partial charge in [0.1, 0.15) is 6.04 Å². The molecule has 0 N–H and O–H groups in total. The van der Waals surface area contributed by atoms with Gasteiger partial charge in [0, 0.05) is 15.5 Å². The van der Waals surface area contributed by atoms with E-state index < -0.39 is 6.04 Å². The minimum Gasteiger partial charge on any atom is -0.327 e. The summed E-state index contributed by atoms with van der Waals surface area (Å²) in [6.07, 6.45) is 2.62. The average molecular weight is 440 g/mol. The van der Waals surface area contributed by atoms with Crippen LogP contribution in [-0.4, -0.2) is 34.7 Å². The number of rotatable bonds is 5. The molecule has 2 atom stereocenters. The van der Waals surface area contributed by atoms with Crippen molar-refractivity contribution in [3.8, 4) is 0 Å². The van der Waals surface area contributed by atoms with Crippen molar-refractivity contribution < 1.29 is 14.4 Å². The van der Waals surface area contributed by atoms with Gasteiger partial charge in [-0.25, -0.2) is 4.90 Å². The monoisotopic (exact) mass is 440 g/mol. The molecule has 1 heterocycles. The van der Waals surface area contributed by atoms with Crippen molar-refractivity contribution in [1.29, 1.82) is 0 Å². The molecule has 3 amide bonds. The zero-order valence-electron chi connectivity index (χ0n) is 13.9. The SMILES string of the molecule is CCC(C)N(C(=O)C1CC1)C1CC(=O)N(c2ccc(I)cc2)C1=O. The van der Waals surface area contributed by atoms with Gasteiger partial charge in [-0.1, -0.05) is 6.92 Å². The molecule has 0 radical (unpaired) electrons. The molecular weight excluding hydrogens is 419 g/mol. The van der Waals surface area contributed by atoms with Gasteiger partial charge in [-0.3, -0.25) is 14.4 Å². The molecule has 2 fully saturated rings. The van der Waals surface area contributed by atoms with Gasteiger partial charge in [-0.15, -0.1) is 0 Å². The number of halogens is 1. The normalized spacial score (nSPS) is 22.0. The van der Waals surface area contributed by atoms with E-state index in [1.165, 1.54) is 4.90 Å². The average Bonchev–Trinajstić information content (AvgIpc) is 3.36. The van der Waals surface area contributed by atoms with Crippen molar-refractivity contribution in [1.82, 2.24) is 4.90 Å². The number of imide groups is 1. The fraction of sp³-hybridized carbons (Fsp3) is 0.500. The zero-order valence-corrected chi connectivity index (χ0v) is 16.0. The standard InChI is InChI=1S/C18H21IN2O3/c1-3-11(2)20(17(23)12-4-5-12)15-10-16(22)21(18(15)24)14-8-6-13(19)7-9-14/h6-9,11-12,15H,3-5,10H2,1-2H3. The second-order valence-corrected chi connectivity index (χ2v) is 7.79. The van der Waals surface area contributed by atoms with Crippen LogP contribution in [0.3, 0.4) is 0 Å². The Morgan fingerprint density at radius 2 is 1.92 bits per heavy atom. The van der Waals surface area contributed by atoms with Crippen molar-refractivity contribution in [2.75, 3.05) is 4.90 Å². The maximum absolute atomic E-state index is 12.9. The van der Waals surface area contributed by atoms with Crippen LogP contribution in [0.15, 0.2) is 24.3 Å². The second kappa shape index (κ2) is 6.82. The Balaban J connectivity index is 1.88. The van der Waals surface area contributed by atoms with E-state index in [4.69, 9.17) is 0 Å². The maximum Gasteiger partial charge on any atom is 0.257 e. The van der Waals surface area contributed by atoms with E-state index in [2.05, 4.69) is 22.6 Å². The van der Waals surface area contributed by atoms with Gasteiger partial charge in [-0.2, -0.15) is 0 Å². The summed E-state index contributed by atoms with van der Waals surface area (Å²) in [6.45, 7) is 3.95. The molecule has 5 nitrogen and oxygen atoms in total. The van der Waals surface area contributed by atoms with Crippen molar-refractivity contribution in [2.24, 2.45) is 5.92 Å². The highest BCUT2D eigenvalue weighted by molar-refractivity contribution is 14.1. The summed E-state index contributed by atoms with van der Waals surface area (Å²) in [6, 6.07) is 6.57. The van der Waals surface area contributed by atoms with E-state index in [0.29, 0.717) is 5.69 Å². The number of nitrogens with zero attached hydrogens (tertiary/aromatic N) is 2. The Morgan fingerprint density at radius 3 is 2.46 bits per heavy atom. The first-order valence-electron chi connectivity index (χ1n) is 8.38. The van der Waals surface area contributed by atoms with Crippen molar-refractivity contribution in [2.45, 2.75) is 51.6 Å². The summed E-state index contributed by atoms with van der Waals surface area (Å²) in [5.74, 6) is -0.451. The van der Waals surface area contributed by atoms with E-state index in [0.717, 1.165) is 22.8 Å². The quantitative estimate of drug-likeness (QED) is 0.523. The summed E-state index contributed by atoms with van der Waals surface area (Å²) < 4.78 is 1.04. The van der Waals surface area contributed by atoms with Gasteiger partial charge in [0.05, 0.1) is 12.1 Å². The van der Waals surface area contributed by atoms with Gasteiger partial charge >= 0.3 is 0 Å².